The topological polar surface area (TPSA) is 21.3 Å². The molecule has 2 heteroatoms. The average molecular weight is 289 g/mol. The lowest BCUT2D eigenvalue weighted by Crippen LogP contribution is -2.44. The minimum absolute atomic E-state index is 0.356. The second-order valence-corrected chi connectivity index (χ2v) is 8.28. The fourth-order valence-corrected chi connectivity index (χ4v) is 4.32. The summed E-state index contributed by atoms with van der Waals surface area (Å²) in [6.07, 6.45) is 3.82. The first kappa shape index (κ1) is 16.4. The van der Waals surface area contributed by atoms with Crippen molar-refractivity contribution in [1.82, 2.24) is 5.32 Å². The molecule has 2 rings (SSSR count). The molecule has 21 heavy (non-hydrogen) atoms. The van der Waals surface area contributed by atoms with Crippen LogP contribution in [0.3, 0.4) is 0 Å². The number of methoxy groups -OCH3 is 1. The molecule has 1 fully saturated rings. The van der Waals surface area contributed by atoms with Crippen molar-refractivity contribution >= 4 is 0 Å². The number of nitrogens with one attached hydrogen (secondary N) is 1. The van der Waals surface area contributed by atoms with Gasteiger partial charge < -0.3 is 10.1 Å². The van der Waals surface area contributed by atoms with Gasteiger partial charge in [-0.3, -0.25) is 0 Å². The predicted octanol–water partition coefficient (Wildman–Crippen LogP) is 4.95. The van der Waals surface area contributed by atoms with Crippen LogP contribution < -0.4 is 10.1 Å². The van der Waals surface area contributed by atoms with Gasteiger partial charge in [-0.05, 0) is 54.7 Å². The second-order valence-electron chi connectivity index (χ2n) is 8.28. The zero-order chi connectivity index (χ0) is 15.7. The van der Waals surface area contributed by atoms with E-state index in [-0.39, 0.29) is 0 Å². The molecule has 1 aromatic carbocycles. The summed E-state index contributed by atoms with van der Waals surface area (Å²) in [5.41, 5.74) is 2.15. The highest BCUT2D eigenvalue weighted by Gasteiger charge is 2.38. The Bertz CT molecular complexity index is 462. The van der Waals surface area contributed by atoms with Crippen molar-refractivity contribution < 1.29 is 4.74 Å². The monoisotopic (exact) mass is 289 g/mol. The molecule has 0 spiro atoms. The summed E-state index contributed by atoms with van der Waals surface area (Å²) in [7, 11) is 1.73. The second kappa shape index (κ2) is 6.00. The minimum Gasteiger partial charge on any atom is -0.497 e. The molecule has 118 valence electrons. The highest BCUT2D eigenvalue weighted by molar-refractivity contribution is 5.30. The molecular weight excluding hydrogens is 258 g/mol. The van der Waals surface area contributed by atoms with E-state index in [1.165, 1.54) is 24.8 Å². The maximum Gasteiger partial charge on any atom is 0.119 e. The summed E-state index contributed by atoms with van der Waals surface area (Å²) in [6, 6.07) is 9.33. The van der Waals surface area contributed by atoms with Gasteiger partial charge in [0.15, 0.2) is 0 Å². The Morgan fingerprint density at radius 2 is 1.76 bits per heavy atom. The van der Waals surface area contributed by atoms with E-state index >= 15 is 0 Å². The van der Waals surface area contributed by atoms with Gasteiger partial charge in [-0.25, -0.2) is 0 Å². The molecule has 1 aliphatic carbocycles. The Labute approximate surface area is 130 Å². The van der Waals surface area contributed by atoms with Gasteiger partial charge in [-0.15, -0.1) is 0 Å². The molecular formula is C19H31NO. The number of hydrogen-bond donors (Lipinski definition) is 1. The van der Waals surface area contributed by atoms with Crippen LogP contribution in [-0.4, -0.2) is 13.2 Å². The van der Waals surface area contributed by atoms with Crippen molar-refractivity contribution in [2.45, 2.75) is 66.0 Å². The molecule has 0 radical (unpaired) electrons. The van der Waals surface area contributed by atoms with Crippen LogP contribution in [0.1, 0.15) is 65.5 Å². The third kappa shape index (κ3) is 4.47. The van der Waals surface area contributed by atoms with Gasteiger partial charge >= 0.3 is 0 Å². The molecule has 0 aliphatic heterocycles. The third-order valence-corrected chi connectivity index (χ3v) is 4.63. The van der Waals surface area contributed by atoms with Crippen LogP contribution in [0, 0.1) is 10.8 Å². The van der Waals surface area contributed by atoms with Crippen LogP contribution in [0.15, 0.2) is 24.3 Å². The Morgan fingerprint density at radius 3 is 2.33 bits per heavy atom. The van der Waals surface area contributed by atoms with Gasteiger partial charge in [0.1, 0.15) is 5.75 Å². The van der Waals surface area contributed by atoms with Crippen LogP contribution in [-0.2, 0) is 0 Å². The molecule has 0 saturated heterocycles. The summed E-state index contributed by atoms with van der Waals surface area (Å²) in [5, 5.41) is 3.84. The fraction of sp³-hybridized carbons (Fsp3) is 0.684. The number of ether oxygens (including phenoxy) is 1. The van der Waals surface area contributed by atoms with Gasteiger partial charge in [0.05, 0.1) is 7.11 Å². The molecule has 1 aliphatic rings. The number of hydrogen-bond acceptors (Lipinski definition) is 2. The zero-order valence-electron chi connectivity index (χ0n) is 14.5. The van der Waals surface area contributed by atoms with E-state index in [0.29, 0.717) is 22.9 Å². The first-order chi connectivity index (χ1) is 9.71. The van der Waals surface area contributed by atoms with E-state index in [0.717, 1.165) is 5.75 Å². The summed E-state index contributed by atoms with van der Waals surface area (Å²) in [5.74, 6) is 0.936. The van der Waals surface area contributed by atoms with Gasteiger partial charge in [0.2, 0.25) is 0 Å². The minimum atomic E-state index is 0.356. The molecule has 1 saturated carbocycles. The zero-order valence-corrected chi connectivity index (χ0v) is 14.5. The Morgan fingerprint density at radius 1 is 1.14 bits per heavy atom. The van der Waals surface area contributed by atoms with Crippen LogP contribution in [0.2, 0.25) is 0 Å². The lowest BCUT2D eigenvalue weighted by atomic mass is 9.63. The van der Waals surface area contributed by atoms with E-state index in [2.05, 4.69) is 58.1 Å². The molecule has 0 aromatic heterocycles. The quantitative estimate of drug-likeness (QED) is 0.846. The van der Waals surface area contributed by atoms with Gasteiger partial charge in [-0.1, -0.05) is 39.8 Å². The summed E-state index contributed by atoms with van der Waals surface area (Å²) in [4.78, 5) is 0. The van der Waals surface area contributed by atoms with Crippen molar-refractivity contribution in [3.05, 3.63) is 29.8 Å². The van der Waals surface area contributed by atoms with Crippen molar-refractivity contribution in [2.24, 2.45) is 10.8 Å². The smallest absolute Gasteiger partial charge is 0.119 e. The predicted molar refractivity (Wildman–Crippen MR) is 89.7 cm³/mol. The molecule has 1 atom stereocenters. The van der Waals surface area contributed by atoms with E-state index in [9.17, 15) is 0 Å². The van der Waals surface area contributed by atoms with Crippen molar-refractivity contribution in [3.63, 3.8) is 0 Å². The summed E-state index contributed by atoms with van der Waals surface area (Å²) >= 11 is 0. The van der Waals surface area contributed by atoms with E-state index in [1.54, 1.807) is 7.11 Å². The highest BCUT2D eigenvalue weighted by Crippen LogP contribution is 2.46. The SMILES string of the molecule is COc1cccc([C@H](C)NC2CC(C)(C)CC(C)(C)C2)c1. The van der Waals surface area contributed by atoms with Crippen LogP contribution in [0.4, 0.5) is 0 Å². The standard InChI is InChI=1S/C19H31NO/c1-14(15-8-7-9-17(10-15)21-6)20-16-11-18(2,3)13-19(4,5)12-16/h7-10,14,16,20H,11-13H2,1-6H3/t14-/m0/s1. The first-order valence-corrected chi connectivity index (χ1v) is 8.11. The average Bonchev–Trinajstić information content (AvgIpc) is 2.35. The molecule has 1 N–H and O–H groups in total. The number of rotatable bonds is 4. The Balaban J connectivity index is 2.06. The maximum absolute atomic E-state index is 5.33. The van der Waals surface area contributed by atoms with Crippen LogP contribution in [0.25, 0.3) is 0 Å². The summed E-state index contributed by atoms with van der Waals surface area (Å²) in [6.45, 7) is 11.9. The van der Waals surface area contributed by atoms with Gasteiger partial charge in [0.25, 0.3) is 0 Å². The van der Waals surface area contributed by atoms with E-state index in [4.69, 9.17) is 4.74 Å². The molecule has 1 aromatic rings. The lowest BCUT2D eigenvalue weighted by Gasteiger charge is -2.46. The Hall–Kier alpha value is -1.02. The van der Waals surface area contributed by atoms with Gasteiger partial charge in [-0.2, -0.15) is 0 Å². The normalized spacial score (nSPS) is 22.8. The van der Waals surface area contributed by atoms with Crippen molar-refractivity contribution in [2.75, 3.05) is 7.11 Å². The summed E-state index contributed by atoms with van der Waals surface area (Å²) < 4.78 is 5.33. The fourth-order valence-electron chi connectivity index (χ4n) is 4.32. The maximum atomic E-state index is 5.33. The molecule has 2 nitrogen and oxygen atoms in total. The molecule has 0 unspecified atom stereocenters. The first-order valence-electron chi connectivity index (χ1n) is 8.11. The molecule has 0 bridgehead atoms. The van der Waals surface area contributed by atoms with Crippen LogP contribution in [0.5, 0.6) is 5.75 Å². The molecule has 0 amide bonds. The Kier molecular flexibility index (Phi) is 4.67. The molecule has 0 heterocycles. The van der Waals surface area contributed by atoms with Crippen LogP contribution >= 0.6 is 0 Å². The van der Waals surface area contributed by atoms with E-state index in [1.807, 2.05) is 6.07 Å². The largest absolute Gasteiger partial charge is 0.497 e. The highest BCUT2D eigenvalue weighted by atomic mass is 16.5. The van der Waals surface area contributed by atoms with E-state index < -0.39 is 0 Å². The van der Waals surface area contributed by atoms with Gasteiger partial charge in [0, 0.05) is 12.1 Å². The van der Waals surface area contributed by atoms with Crippen molar-refractivity contribution in [1.29, 1.82) is 0 Å². The third-order valence-electron chi connectivity index (χ3n) is 4.63. The van der Waals surface area contributed by atoms with Crippen molar-refractivity contribution in [3.8, 4) is 5.75 Å². The lowest BCUT2D eigenvalue weighted by molar-refractivity contribution is 0.0811. The number of benzene rings is 1.